The highest BCUT2D eigenvalue weighted by Crippen LogP contribution is 2.20. The average Bonchev–Trinajstić information content (AvgIpc) is 3.18. The van der Waals surface area contributed by atoms with E-state index in [0.29, 0.717) is 25.8 Å². The van der Waals surface area contributed by atoms with Gasteiger partial charge >= 0.3 is 0 Å². The lowest BCUT2D eigenvalue weighted by molar-refractivity contribution is -0.122. The van der Waals surface area contributed by atoms with Crippen LogP contribution in [0.25, 0.3) is 0 Å². The van der Waals surface area contributed by atoms with Gasteiger partial charge in [-0.1, -0.05) is 0 Å². The number of amides is 1. The second-order valence-corrected chi connectivity index (χ2v) is 6.12. The lowest BCUT2D eigenvalue weighted by Gasteiger charge is -2.16. The standard InChI is InChI=1S/C16H27N3O4/c1-10(20)12(8-15-16(23)19-15)4-5-13(22)9-18-14(11(2)21)6-7-17-3/h12,14-15,17-18H,4-9H2,1-3H3,(H,19,23)/t12-,14+,15?/m1/s1. The van der Waals surface area contributed by atoms with Crippen LogP contribution in [0.15, 0.2) is 0 Å². The molecular formula is C16H27N3O4. The zero-order valence-electron chi connectivity index (χ0n) is 14.1. The molecule has 3 N–H and O–H groups in total. The highest BCUT2D eigenvalue weighted by Gasteiger charge is 2.36. The number of ketones is 3. The van der Waals surface area contributed by atoms with E-state index in [2.05, 4.69) is 16.0 Å². The molecule has 0 aromatic carbocycles. The van der Waals surface area contributed by atoms with Crippen molar-refractivity contribution in [2.24, 2.45) is 5.92 Å². The maximum atomic E-state index is 12.0. The minimum absolute atomic E-state index is 0.00268. The Morgan fingerprint density at radius 3 is 2.30 bits per heavy atom. The molecule has 0 saturated carbocycles. The molecule has 0 radical (unpaired) electrons. The Kier molecular flexibility index (Phi) is 8.05. The number of hydrogen-bond acceptors (Lipinski definition) is 6. The first-order chi connectivity index (χ1) is 10.8. The third kappa shape index (κ3) is 7.47. The van der Waals surface area contributed by atoms with Crippen molar-refractivity contribution in [2.45, 2.75) is 51.6 Å². The second-order valence-electron chi connectivity index (χ2n) is 6.12. The van der Waals surface area contributed by atoms with Crippen LogP contribution in [0.2, 0.25) is 0 Å². The SMILES string of the molecule is CNCC[C@H](NCC(=O)CC[C@H](CC1NC1=O)C(C)=O)C(C)=O. The third-order valence-electron chi connectivity index (χ3n) is 4.14. The monoisotopic (exact) mass is 325 g/mol. The number of nitrogens with one attached hydrogen (secondary N) is 3. The summed E-state index contributed by atoms with van der Waals surface area (Å²) in [4.78, 5) is 46.0. The Bertz CT molecular complexity index is 464. The predicted octanol–water partition coefficient (Wildman–Crippen LogP) is -0.414. The van der Waals surface area contributed by atoms with Crippen molar-refractivity contribution < 1.29 is 19.2 Å². The van der Waals surface area contributed by atoms with Crippen LogP contribution >= 0.6 is 0 Å². The van der Waals surface area contributed by atoms with Gasteiger partial charge in [-0.25, -0.2) is 0 Å². The molecule has 7 heteroatoms. The van der Waals surface area contributed by atoms with Crippen LogP contribution in [0.3, 0.4) is 0 Å². The van der Waals surface area contributed by atoms with Crippen molar-refractivity contribution in [3.8, 4) is 0 Å². The summed E-state index contributed by atoms with van der Waals surface area (Å²) in [7, 11) is 1.81. The van der Waals surface area contributed by atoms with Gasteiger partial charge in [-0.3, -0.25) is 19.2 Å². The van der Waals surface area contributed by atoms with Crippen LogP contribution in [-0.2, 0) is 19.2 Å². The van der Waals surface area contributed by atoms with Crippen molar-refractivity contribution in [1.82, 2.24) is 16.0 Å². The van der Waals surface area contributed by atoms with Crippen LogP contribution in [0.4, 0.5) is 0 Å². The van der Waals surface area contributed by atoms with Crippen LogP contribution in [-0.4, -0.2) is 55.5 Å². The number of carbonyl (C=O) groups excluding carboxylic acids is 4. The predicted molar refractivity (Wildman–Crippen MR) is 86.0 cm³/mol. The summed E-state index contributed by atoms with van der Waals surface area (Å²) in [5.41, 5.74) is 0. The van der Waals surface area contributed by atoms with Crippen LogP contribution in [0.5, 0.6) is 0 Å². The van der Waals surface area contributed by atoms with Crippen molar-refractivity contribution >= 4 is 23.3 Å². The quantitative estimate of drug-likeness (QED) is 0.397. The average molecular weight is 325 g/mol. The molecule has 0 aliphatic carbocycles. The van der Waals surface area contributed by atoms with E-state index < -0.39 is 0 Å². The van der Waals surface area contributed by atoms with E-state index >= 15 is 0 Å². The van der Waals surface area contributed by atoms with Crippen LogP contribution < -0.4 is 16.0 Å². The Hall–Kier alpha value is -1.60. The molecule has 0 spiro atoms. The minimum atomic E-state index is -0.330. The largest absolute Gasteiger partial charge is 0.342 e. The summed E-state index contributed by atoms with van der Waals surface area (Å²) >= 11 is 0. The van der Waals surface area contributed by atoms with Crippen molar-refractivity contribution in [3.05, 3.63) is 0 Å². The van der Waals surface area contributed by atoms with Crippen molar-refractivity contribution in [2.75, 3.05) is 20.1 Å². The van der Waals surface area contributed by atoms with E-state index in [1.54, 1.807) is 0 Å². The molecule has 130 valence electrons. The fourth-order valence-corrected chi connectivity index (χ4v) is 2.47. The van der Waals surface area contributed by atoms with Gasteiger partial charge in [0.1, 0.15) is 23.4 Å². The van der Waals surface area contributed by atoms with Crippen LogP contribution in [0, 0.1) is 5.92 Å². The minimum Gasteiger partial charge on any atom is -0.342 e. The summed E-state index contributed by atoms with van der Waals surface area (Å²) < 4.78 is 0. The van der Waals surface area contributed by atoms with Gasteiger partial charge in [0.25, 0.3) is 0 Å². The maximum Gasteiger partial charge on any atom is 0.243 e. The topological polar surface area (TPSA) is 114 Å². The van der Waals surface area contributed by atoms with Crippen molar-refractivity contribution in [1.29, 1.82) is 0 Å². The summed E-state index contributed by atoms with van der Waals surface area (Å²) in [6, 6.07) is -0.552. The first kappa shape index (κ1) is 19.4. The van der Waals surface area contributed by atoms with Gasteiger partial charge in [0.15, 0.2) is 0 Å². The van der Waals surface area contributed by atoms with E-state index in [4.69, 9.17) is 0 Å². The molecule has 0 aromatic rings. The normalized spacial score (nSPS) is 18.9. The molecule has 1 saturated heterocycles. The number of rotatable bonds is 13. The van der Waals surface area contributed by atoms with Gasteiger partial charge < -0.3 is 16.0 Å². The smallest absolute Gasteiger partial charge is 0.243 e. The Labute approximate surface area is 137 Å². The van der Waals surface area contributed by atoms with Gasteiger partial charge in [0.2, 0.25) is 5.91 Å². The molecule has 1 aliphatic rings. The molecule has 0 aromatic heterocycles. The van der Waals surface area contributed by atoms with Gasteiger partial charge in [-0.2, -0.15) is 0 Å². The first-order valence-corrected chi connectivity index (χ1v) is 8.06. The highest BCUT2D eigenvalue weighted by atomic mass is 16.2. The first-order valence-electron chi connectivity index (χ1n) is 8.06. The molecule has 23 heavy (non-hydrogen) atoms. The fraction of sp³-hybridized carbons (Fsp3) is 0.750. The molecule has 3 atom stereocenters. The van der Waals surface area contributed by atoms with Crippen molar-refractivity contribution in [3.63, 3.8) is 0 Å². The number of Topliss-reactive ketones (excluding diaryl/α,β-unsaturated/α-hetero) is 3. The summed E-state index contributed by atoms with van der Waals surface area (Å²) in [6.45, 7) is 3.81. The van der Waals surface area contributed by atoms with E-state index in [1.165, 1.54) is 13.8 Å². The lowest BCUT2D eigenvalue weighted by atomic mass is 9.92. The molecule has 1 rings (SSSR count). The molecule has 1 unspecified atom stereocenters. The zero-order valence-corrected chi connectivity index (χ0v) is 14.1. The molecule has 7 nitrogen and oxygen atoms in total. The van der Waals surface area contributed by atoms with Gasteiger partial charge in [0.05, 0.1) is 12.6 Å². The number of hydrogen-bond donors (Lipinski definition) is 3. The van der Waals surface area contributed by atoms with E-state index in [9.17, 15) is 19.2 Å². The third-order valence-corrected chi connectivity index (χ3v) is 4.14. The Morgan fingerprint density at radius 1 is 1.17 bits per heavy atom. The molecular weight excluding hydrogens is 298 g/mol. The molecule has 1 fully saturated rings. The van der Waals surface area contributed by atoms with E-state index in [0.717, 1.165) is 0 Å². The molecule has 1 amide bonds. The summed E-state index contributed by atoms with van der Waals surface area (Å²) in [6.07, 6.45) is 1.81. The Morgan fingerprint density at radius 2 is 1.83 bits per heavy atom. The van der Waals surface area contributed by atoms with Gasteiger partial charge in [0, 0.05) is 12.3 Å². The fourth-order valence-electron chi connectivity index (χ4n) is 2.47. The molecule has 0 bridgehead atoms. The van der Waals surface area contributed by atoms with Gasteiger partial charge in [-0.15, -0.1) is 0 Å². The van der Waals surface area contributed by atoms with Crippen LogP contribution in [0.1, 0.15) is 39.5 Å². The summed E-state index contributed by atoms with van der Waals surface area (Å²) in [5, 5.41) is 8.59. The molecule has 1 heterocycles. The zero-order chi connectivity index (χ0) is 17.4. The molecule has 1 aliphatic heterocycles. The van der Waals surface area contributed by atoms with E-state index in [1.807, 2.05) is 7.05 Å². The lowest BCUT2D eigenvalue weighted by Crippen LogP contribution is -2.40. The number of carbonyl (C=O) groups is 4. The second kappa shape index (κ2) is 9.52. The maximum absolute atomic E-state index is 12.0. The Balaban J connectivity index is 2.31. The summed E-state index contributed by atoms with van der Waals surface area (Å²) in [5.74, 6) is -0.313. The van der Waals surface area contributed by atoms with Gasteiger partial charge in [-0.05, 0) is 46.7 Å². The highest BCUT2D eigenvalue weighted by molar-refractivity contribution is 5.97. The van der Waals surface area contributed by atoms with E-state index in [-0.39, 0.29) is 54.2 Å².